The van der Waals surface area contributed by atoms with Crippen LogP contribution in [0.4, 0.5) is 13.2 Å². The van der Waals surface area contributed by atoms with Crippen LogP contribution in [0.3, 0.4) is 0 Å². The second kappa shape index (κ2) is 8.10. The van der Waals surface area contributed by atoms with Crippen LogP contribution in [0.15, 0.2) is 36.0 Å². The van der Waals surface area contributed by atoms with E-state index in [1.54, 1.807) is 32.0 Å². The van der Waals surface area contributed by atoms with Crippen LogP contribution in [0.2, 0.25) is 10.0 Å². The molecule has 2 rings (SSSR count). The smallest absolute Gasteiger partial charge is 0.417 e. The van der Waals surface area contributed by atoms with Crippen molar-refractivity contribution in [2.45, 2.75) is 20.0 Å². The van der Waals surface area contributed by atoms with Crippen molar-refractivity contribution in [2.24, 2.45) is 0 Å². The van der Waals surface area contributed by atoms with E-state index in [0.717, 1.165) is 12.3 Å². The molecule has 0 bridgehead atoms. The highest BCUT2D eigenvalue weighted by Crippen LogP contribution is 2.35. The molecule has 0 aliphatic carbocycles. The van der Waals surface area contributed by atoms with Crippen LogP contribution in [0, 0.1) is 0 Å². The predicted molar refractivity (Wildman–Crippen MR) is 95.0 cm³/mol. The number of pyridine rings is 1. The number of hydrogen-bond donors (Lipinski definition) is 0. The highest BCUT2D eigenvalue weighted by molar-refractivity contribution is 6.33. The molecule has 0 saturated carbocycles. The summed E-state index contributed by atoms with van der Waals surface area (Å²) in [6.07, 6.45) is -2.28. The summed E-state index contributed by atoms with van der Waals surface area (Å²) in [6.45, 7) is 3.50. The summed E-state index contributed by atoms with van der Waals surface area (Å²) < 4.78 is 43.1. The average molecular weight is 404 g/mol. The normalized spacial score (nSPS) is 12.2. The highest BCUT2D eigenvalue weighted by atomic mass is 35.5. The zero-order valence-corrected chi connectivity index (χ0v) is 15.3. The number of carbonyl (C=O) groups excluding carboxylic acids is 1. The summed E-state index contributed by atoms with van der Waals surface area (Å²) in [4.78, 5) is 15.5. The van der Waals surface area contributed by atoms with Gasteiger partial charge in [-0.3, -0.25) is 4.98 Å². The number of halogens is 5. The Hall–Kier alpha value is -2.05. The standard InChI is InChI=1S/C18H14Cl2F3NO2/c1-3-26-17(25)10(2)6-12-7-11(4-5-14(12)19)16-15(20)8-13(9-24-16)18(21,22)23/h4-9H,3H2,1-2H3/b10-6+. The number of hydrogen-bond acceptors (Lipinski definition) is 3. The summed E-state index contributed by atoms with van der Waals surface area (Å²) >= 11 is 12.1. The lowest BCUT2D eigenvalue weighted by molar-refractivity contribution is -0.139. The Morgan fingerprint density at radius 1 is 1.23 bits per heavy atom. The van der Waals surface area contributed by atoms with Crippen LogP contribution in [-0.4, -0.2) is 17.6 Å². The van der Waals surface area contributed by atoms with Crippen molar-refractivity contribution >= 4 is 35.2 Å². The Balaban J connectivity index is 2.44. The van der Waals surface area contributed by atoms with Gasteiger partial charge in [-0.1, -0.05) is 29.3 Å². The number of nitrogens with zero attached hydrogens (tertiary/aromatic N) is 1. The first kappa shape index (κ1) is 20.3. The summed E-state index contributed by atoms with van der Waals surface area (Å²) in [5.41, 5.74) is 0.541. The monoisotopic (exact) mass is 403 g/mol. The molecule has 138 valence electrons. The van der Waals surface area contributed by atoms with Gasteiger partial charge in [0, 0.05) is 22.4 Å². The molecule has 0 spiro atoms. The fourth-order valence-corrected chi connectivity index (χ4v) is 2.59. The molecular weight excluding hydrogens is 390 g/mol. The number of aromatic nitrogens is 1. The minimum Gasteiger partial charge on any atom is -0.463 e. The van der Waals surface area contributed by atoms with Crippen LogP contribution >= 0.6 is 23.2 Å². The van der Waals surface area contributed by atoms with Crippen molar-refractivity contribution < 1.29 is 22.7 Å². The van der Waals surface area contributed by atoms with E-state index in [0.29, 0.717) is 21.7 Å². The minimum absolute atomic E-state index is 0.140. The minimum atomic E-state index is -4.53. The van der Waals surface area contributed by atoms with Gasteiger partial charge in [0.2, 0.25) is 0 Å². The van der Waals surface area contributed by atoms with Crippen LogP contribution in [0.1, 0.15) is 25.0 Å². The van der Waals surface area contributed by atoms with Crippen LogP contribution < -0.4 is 0 Å². The van der Waals surface area contributed by atoms with Gasteiger partial charge in [0.1, 0.15) is 0 Å². The third kappa shape index (κ3) is 4.77. The van der Waals surface area contributed by atoms with Crippen molar-refractivity contribution in [2.75, 3.05) is 6.61 Å². The Morgan fingerprint density at radius 2 is 1.92 bits per heavy atom. The van der Waals surface area contributed by atoms with Gasteiger partial charge in [-0.25, -0.2) is 4.79 Å². The number of rotatable bonds is 4. The van der Waals surface area contributed by atoms with E-state index in [4.69, 9.17) is 27.9 Å². The molecule has 0 N–H and O–H groups in total. The number of benzene rings is 1. The Bertz CT molecular complexity index is 864. The molecule has 2 aromatic rings. The van der Waals surface area contributed by atoms with Gasteiger partial charge in [-0.2, -0.15) is 13.2 Å². The molecule has 0 saturated heterocycles. The number of carbonyl (C=O) groups is 1. The predicted octanol–water partition coefficient (Wildman–Crippen LogP) is 6.04. The van der Waals surface area contributed by atoms with E-state index in [-0.39, 0.29) is 17.3 Å². The number of esters is 1. The van der Waals surface area contributed by atoms with Gasteiger partial charge >= 0.3 is 12.1 Å². The maximum Gasteiger partial charge on any atom is 0.417 e. The van der Waals surface area contributed by atoms with E-state index in [9.17, 15) is 18.0 Å². The maximum absolute atomic E-state index is 12.7. The second-order valence-electron chi connectivity index (χ2n) is 5.34. The molecule has 26 heavy (non-hydrogen) atoms. The van der Waals surface area contributed by atoms with Gasteiger partial charge in [-0.15, -0.1) is 0 Å². The summed E-state index contributed by atoms with van der Waals surface area (Å²) in [6, 6.07) is 5.54. The molecule has 0 radical (unpaired) electrons. The Labute approximate surface area is 158 Å². The van der Waals surface area contributed by atoms with Crippen LogP contribution in [-0.2, 0) is 15.7 Å². The van der Waals surface area contributed by atoms with E-state index in [2.05, 4.69) is 4.98 Å². The van der Waals surface area contributed by atoms with Crippen molar-refractivity contribution in [3.8, 4) is 11.3 Å². The van der Waals surface area contributed by atoms with Crippen molar-refractivity contribution in [3.63, 3.8) is 0 Å². The lowest BCUT2D eigenvalue weighted by Gasteiger charge is -2.10. The van der Waals surface area contributed by atoms with Gasteiger partial charge in [-0.05, 0) is 43.7 Å². The average Bonchev–Trinajstić information content (AvgIpc) is 2.56. The summed E-state index contributed by atoms with van der Waals surface area (Å²) in [7, 11) is 0. The SMILES string of the molecule is CCOC(=O)/C(C)=C/c1cc(-c2ncc(C(F)(F)F)cc2Cl)ccc1Cl. The molecule has 0 unspecified atom stereocenters. The molecule has 3 nitrogen and oxygen atoms in total. The van der Waals surface area contributed by atoms with Crippen LogP contribution in [0.5, 0.6) is 0 Å². The lowest BCUT2D eigenvalue weighted by atomic mass is 10.0. The zero-order valence-electron chi connectivity index (χ0n) is 13.8. The Kier molecular flexibility index (Phi) is 6.31. The molecule has 0 fully saturated rings. The molecule has 0 aliphatic heterocycles. The van der Waals surface area contributed by atoms with Crippen molar-refractivity contribution in [1.82, 2.24) is 4.98 Å². The van der Waals surface area contributed by atoms with E-state index in [1.807, 2.05) is 0 Å². The molecular formula is C18H14Cl2F3NO2. The molecule has 0 aliphatic rings. The number of ether oxygens (including phenoxy) is 1. The second-order valence-corrected chi connectivity index (χ2v) is 6.15. The van der Waals surface area contributed by atoms with E-state index in [1.165, 1.54) is 6.08 Å². The van der Waals surface area contributed by atoms with Gasteiger partial charge in [0.15, 0.2) is 0 Å². The third-order valence-electron chi connectivity index (χ3n) is 3.41. The van der Waals surface area contributed by atoms with Gasteiger partial charge in [0.05, 0.1) is 22.9 Å². The van der Waals surface area contributed by atoms with Crippen LogP contribution in [0.25, 0.3) is 17.3 Å². The molecule has 1 aromatic heterocycles. The first-order chi connectivity index (χ1) is 12.1. The first-order valence-corrected chi connectivity index (χ1v) is 8.27. The molecule has 1 aromatic carbocycles. The van der Waals surface area contributed by atoms with Crippen molar-refractivity contribution in [3.05, 3.63) is 57.2 Å². The van der Waals surface area contributed by atoms with Gasteiger partial charge in [0.25, 0.3) is 0 Å². The fraction of sp³-hybridized carbons (Fsp3) is 0.222. The molecule has 8 heteroatoms. The quantitative estimate of drug-likeness (QED) is 0.461. The fourth-order valence-electron chi connectivity index (χ4n) is 2.14. The topological polar surface area (TPSA) is 39.2 Å². The summed E-state index contributed by atoms with van der Waals surface area (Å²) in [5.74, 6) is -0.486. The lowest BCUT2D eigenvalue weighted by Crippen LogP contribution is -2.06. The van der Waals surface area contributed by atoms with E-state index >= 15 is 0 Å². The molecule has 1 heterocycles. The third-order valence-corrected chi connectivity index (χ3v) is 4.04. The maximum atomic E-state index is 12.7. The van der Waals surface area contributed by atoms with Gasteiger partial charge < -0.3 is 4.74 Å². The largest absolute Gasteiger partial charge is 0.463 e. The molecule has 0 amide bonds. The number of alkyl halides is 3. The molecule has 0 atom stereocenters. The first-order valence-electron chi connectivity index (χ1n) is 7.51. The zero-order chi connectivity index (χ0) is 19.5. The van der Waals surface area contributed by atoms with Crippen molar-refractivity contribution in [1.29, 1.82) is 0 Å². The highest BCUT2D eigenvalue weighted by Gasteiger charge is 2.31. The summed E-state index contributed by atoms with van der Waals surface area (Å²) in [5, 5.41) is 0.222. The van der Waals surface area contributed by atoms with E-state index < -0.39 is 17.7 Å². The Morgan fingerprint density at radius 3 is 2.50 bits per heavy atom.